The summed E-state index contributed by atoms with van der Waals surface area (Å²) in [5, 5.41) is 2.77. The first-order valence-electron chi connectivity index (χ1n) is 6.70. The van der Waals surface area contributed by atoms with E-state index in [1.165, 1.54) is 19.1 Å². The molecule has 3 nitrogen and oxygen atoms in total. The Morgan fingerprint density at radius 1 is 1.00 bits per heavy atom. The lowest BCUT2D eigenvalue weighted by molar-refractivity contribution is -0.116. The van der Waals surface area contributed by atoms with Crippen molar-refractivity contribution in [2.24, 2.45) is 0 Å². The predicted octanol–water partition coefficient (Wildman–Crippen LogP) is 3.60. The smallest absolute Gasteiger partial charge is 0.224 e. The number of aryl methyl sites for hydroxylation is 1. The second-order valence-corrected chi connectivity index (χ2v) is 4.81. The van der Waals surface area contributed by atoms with Crippen LogP contribution in [-0.4, -0.2) is 11.7 Å². The zero-order chi connectivity index (χ0) is 15.2. The molecule has 0 saturated heterocycles. The molecule has 2 aromatic carbocycles. The number of carbonyl (C=O) groups excluding carboxylic acids is 2. The van der Waals surface area contributed by atoms with Gasteiger partial charge >= 0.3 is 0 Å². The van der Waals surface area contributed by atoms with Gasteiger partial charge in [0.15, 0.2) is 5.78 Å². The molecule has 0 aromatic heterocycles. The van der Waals surface area contributed by atoms with Gasteiger partial charge in [-0.25, -0.2) is 4.39 Å². The number of carbonyl (C=O) groups is 2. The van der Waals surface area contributed by atoms with Crippen molar-refractivity contribution >= 4 is 17.4 Å². The van der Waals surface area contributed by atoms with Crippen molar-refractivity contribution in [2.75, 3.05) is 5.32 Å². The maximum atomic E-state index is 12.8. The average Bonchev–Trinajstić information content (AvgIpc) is 2.47. The third-order valence-corrected chi connectivity index (χ3v) is 3.13. The SMILES string of the molecule is CC(=O)c1ccc(NC(=O)CCc2ccc(F)cc2)cc1. The Labute approximate surface area is 122 Å². The molecule has 0 aliphatic heterocycles. The lowest BCUT2D eigenvalue weighted by Gasteiger charge is -2.06. The van der Waals surface area contributed by atoms with Crippen LogP contribution in [0.15, 0.2) is 48.5 Å². The number of Topliss-reactive ketones (excluding diaryl/α,β-unsaturated/α-hetero) is 1. The molecule has 0 spiro atoms. The number of rotatable bonds is 5. The van der Waals surface area contributed by atoms with Crippen molar-refractivity contribution < 1.29 is 14.0 Å². The lowest BCUT2D eigenvalue weighted by atomic mass is 10.1. The maximum Gasteiger partial charge on any atom is 0.224 e. The van der Waals surface area contributed by atoms with Crippen LogP contribution >= 0.6 is 0 Å². The Bertz CT molecular complexity index is 633. The highest BCUT2D eigenvalue weighted by Gasteiger charge is 2.04. The van der Waals surface area contributed by atoms with Crippen LogP contribution in [0, 0.1) is 5.82 Å². The Kier molecular flexibility index (Phi) is 4.82. The van der Waals surface area contributed by atoms with E-state index in [-0.39, 0.29) is 17.5 Å². The van der Waals surface area contributed by atoms with Gasteiger partial charge in [-0.05, 0) is 55.3 Å². The van der Waals surface area contributed by atoms with Gasteiger partial charge < -0.3 is 5.32 Å². The second-order valence-electron chi connectivity index (χ2n) is 4.81. The average molecular weight is 285 g/mol. The zero-order valence-corrected chi connectivity index (χ0v) is 11.7. The van der Waals surface area contributed by atoms with Crippen molar-refractivity contribution in [3.8, 4) is 0 Å². The van der Waals surface area contributed by atoms with Gasteiger partial charge in [-0.1, -0.05) is 12.1 Å². The maximum absolute atomic E-state index is 12.8. The highest BCUT2D eigenvalue weighted by molar-refractivity contribution is 5.95. The quantitative estimate of drug-likeness (QED) is 0.853. The standard InChI is InChI=1S/C17H16FNO2/c1-12(20)14-5-9-16(10-6-14)19-17(21)11-4-13-2-7-15(18)8-3-13/h2-3,5-10H,4,11H2,1H3,(H,19,21). The molecule has 0 unspecified atom stereocenters. The molecule has 0 saturated carbocycles. The van der Waals surface area contributed by atoms with E-state index >= 15 is 0 Å². The summed E-state index contributed by atoms with van der Waals surface area (Å²) in [6.07, 6.45) is 0.873. The largest absolute Gasteiger partial charge is 0.326 e. The van der Waals surface area contributed by atoms with E-state index in [1.807, 2.05) is 0 Å². The molecular weight excluding hydrogens is 269 g/mol. The first-order chi connectivity index (χ1) is 10.0. The molecule has 21 heavy (non-hydrogen) atoms. The molecule has 0 heterocycles. The summed E-state index contributed by atoms with van der Waals surface area (Å²) >= 11 is 0. The van der Waals surface area contributed by atoms with E-state index in [9.17, 15) is 14.0 Å². The predicted molar refractivity (Wildman–Crippen MR) is 79.8 cm³/mol. The number of nitrogens with one attached hydrogen (secondary N) is 1. The fourth-order valence-corrected chi connectivity index (χ4v) is 1.92. The second kappa shape index (κ2) is 6.79. The van der Waals surface area contributed by atoms with Crippen LogP contribution in [-0.2, 0) is 11.2 Å². The Morgan fingerprint density at radius 3 is 2.19 bits per heavy atom. The molecular formula is C17H16FNO2. The molecule has 0 aliphatic rings. The van der Waals surface area contributed by atoms with Gasteiger partial charge in [0.05, 0.1) is 0 Å². The normalized spacial score (nSPS) is 10.2. The molecule has 1 amide bonds. The number of ketones is 1. The highest BCUT2D eigenvalue weighted by atomic mass is 19.1. The summed E-state index contributed by atoms with van der Waals surface area (Å²) < 4.78 is 12.8. The number of hydrogen-bond donors (Lipinski definition) is 1. The third-order valence-electron chi connectivity index (χ3n) is 3.13. The summed E-state index contributed by atoms with van der Waals surface area (Å²) in [6, 6.07) is 12.9. The van der Waals surface area contributed by atoms with E-state index in [0.717, 1.165) is 5.56 Å². The minimum Gasteiger partial charge on any atom is -0.326 e. The monoisotopic (exact) mass is 285 g/mol. The summed E-state index contributed by atoms with van der Waals surface area (Å²) in [6.45, 7) is 1.50. The van der Waals surface area contributed by atoms with E-state index in [1.54, 1.807) is 36.4 Å². The Hall–Kier alpha value is -2.49. The topological polar surface area (TPSA) is 46.2 Å². The summed E-state index contributed by atoms with van der Waals surface area (Å²) in [5.41, 5.74) is 2.18. The number of hydrogen-bond acceptors (Lipinski definition) is 2. The van der Waals surface area contributed by atoms with Gasteiger partial charge in [-0.15, -0.1) is 0 Å². The first kappa shape index (κ1) is 14.9. The Balaban J connectivity index is 1.86. The fraction of sp³-hybridized carbons (Fsp3) is 0.176. The van der Waals surface area contributed by atoms with Crippen LogP contribution in [0.4, 0.5) is 10.1 Å². The van der Waals surface area contributed by atoms with Gasteiger partial charge in [0.1, 0.15) is 5.82 Å². The molecule has 2 rings (SSSR count). The van der Waals surface area contributed by atoms with Crippen LogP contribution in [0.25, 0.3) is 0 Å². The molecule has 0 atom stereocenters. The van der Waals surface area contributed by atoms with E-state index in [2.05, 4.69) is 5.32 Å². The highest BCUT2D eigenvalue weighted by Crippen LogP contribution is 2.11. The molecule has 0 radical (unpaired) electrons. The van der Waals surface area contributed by atoms with Crippen LogP contribution in [0.3, 0.4) is 0 Å². The molecule has 1 N–H and O–H groups in total. The number of amides is 1. The van der Waals surface area contributed by atoms with E-state index in [0.29, 0.717) is 24.1 Å². The van der Waals surface area contributed by atoms with Gasteiger partial charge in [-0.2, -0.15) is 0 Å². The molecule has 0 fully saturated rings. The Morgan fingerprint density at radius 2 is 1.62 bits per heavy atom. The molecule has 0 aliphatic carbocycles. The fourth-order valence-electron chi connectivity index (χ4n) is 1.92. The number of halogens is 1. The van der Waals surface area contributed by atoms with Gasteiger partial charge in [0, 0.05) is 17.7 Å². The van der Waals surface area contributed by atoms with Gasteiger partial charge in [0.2, 0.25) is 5.91 Å². The third kappa shape index (κ3) is 4.53. The van der Waals surface area contributed by atoms with Crippen molar-refractivity contribution in [3.05, 3.63) is 65.5 Å². The lowest BCUT2D eigenvalue weighted by Crippen LogP contribution is -2.12. The summed E-state index contributed by atoms with van der Waals surface area (Å²) in [7, 11) is 0. The van der Waals surface area contributed by atoms with Crippen LogP contribution < -0.4 is 5.32 Å². The molecule has 108 valence electrons. The van der Waals surface area contributed by atoms with Crippen molar-refractivity contribution in [1.82, 2.24) is 0 Å². The van der Waals surface area contributed by atoms with Gasteiger partial charge in [0.25, 0.3) is 0 Å². The van der Waals surface area contributed by atoms with Crippen molar-refractivity contribution in [1.29, 1.82) is 0 Å². The minimum absolute atomic E-state index is 0.0100. The van der Waals surface area contributed by atoms with E-state index < -0.39 is 0 Å². The zero-order valence-electron chi connectivity index (χ0n) is 11.7. The van der Waals surface area contributed by atoms with Crippen LogP contribution in [0.5, 0.6) is 0 Å². The number of benzene rings is 2. The summed E-state index contributed by atoms with van der Waals surface area (Å²) in [4.78, 5) is 23.0. The summed E-state index contributed by atoms with van der Waals surface area (Å²) in [5.74, 6) is -0.409. The van der Waals surface area contributed by atoms with Crippen molar-refractivity contribution in [2.45, 2.75) is 19.8 Å². The molecule has 4 heteroatoms. The van der Waals surface area contributed by atoms with Crippen molar-refractivity contribution in [3.63, 3.8) is 0 Å². The first-order valence-corrected chi connectivity index (χ1v) is 6.70. The van der Waals surface area contributed by atoms with E-state index in [4.69, 9.17) is 0 Å². The van der Waals surface area contributed by atoms with Crippen LogP contribution in [0.2, 0.25) is 0 Å². The minimum atomic E-state index is -0.284. The molecule has 2 aromatic rings. The van der Waals surface area contributed by atoms with Gasteiger partial charge in [-0.3, -0.25) is 9.59 Å². The number of anilines is 1. The molecule has 0 bridgehead atoms. The van der Waals surface area contributed by atoms with Crippen LogP contribution in [0.1, 0.15) is 29.3 Å².